The van der Waals surface area contributed by atoms with E-state index in [9.17, 15) is 4.79 Å². The number of aromatic amines is 1. The number of ether oxygens (including phenoxy) is 1. The number of nitrogens with zero attached hydrogens (tertiary/aromatic N) is 2. The first kappa shape index (κ1) is 14.4. The van der Waals surface area contributed by atoms with Crippen molar-refractivity contribution in [2.24, 2.45) is 0 Å². The van der Waals surface area contributed by atoms with E-state index >= 15 is 0 Å². The van der Waals surface area contributed by atoms with Gasteiger partial charge in [0, 0.05) is 18.0 Å². The fourth-order valence-corrected chi connectivity index (χ4v) is 4.12. The van der Waals surface area contributed by atoms with Crippen LogP contribution in [0.1, 0.15) is 20.8 Å². The molecule has 0 saturated heterocycles. The molecule has 0 unspecified atom stereocenters. The lowest BCUT2D eigenvalue weighted by molar-refractivity contribution is 0.0603. The van der Waals surface area contributed by atoms with E-state index in [4.69, 9.17) is 4.74 Å². The molecular weight excluding hydrogens is 310 g/mol. The maximum absolute atomic E-state index is 11.9. The summed E-state index contributed by atoms with van der Waals surface area (Å²) in [5.41, 5.74) is 3.39. The van der Waals surface area contributed by atoms with Crippen LogP contribution in [0.5, 0.6) is 0 Å². The van der Waals surface area contributed by atoms with Crippen molar-refractivity contribution < 1.29 is 9.53 Å². The van der Waals surface area contributed by atoms with Gasteiger partial charge in [-0.25, -0.2) is 9.78 Å². The van der Waals surface area contributed by atoms with Gasteiger partial charge in [0.15, 0.2) is 0 Å². The zero-order valence-electron chi connectivity index (χ0n) is 13.0. The van der Waals surface area contributed by atoms with Crippen LogP contribution < -0.4 is 0 Å². The Morgan fingerprint density at radius 3 is 3.13 bits per heavy atom. The smallest absolute Gasteiger partial charge is 0.340 e. The molecule has 6 heteroatoms. The largest absolute Gasteiger partial charge is 0.465 e. The first-order valence-electron chi connectivity index (χ1n) is 7.53. The van der Waals surface area contributed by atoms with Gasteiger partial charge in [0.1, 0.15) is 11.3 Å². The van der Waals surface area contributed by atoms with E-state index in [1.165, 1.54) is 17.6 Å². The van der Waals surface area contributed by atoms with Crippen molar-refractivity contribution in [3.05, 3.63) is 40.3 Å². The number of carbonyl (C=O) groups is 1. The second-order valence-corrected chi connectivity index (χ2v) is 6.96. The fraction of sp³-hybridized carbons (Fsp3) is 0.294. The van der Waals surface area contributed by atoms with Gasteiger partial charge in [-0.3, -0.25) is 0 Å². The molecule has 0 saturated carbocycles. The number of carbonyl (C=O) groups excluding carboxylic acids is 1. The molecule has 118 valence electrons. The second-order valence-electron chi connectivity index (χ2n) is 5.83. The lowest BCUT2D eigenvalue weighted by Crippen LogP contribution is -2.25. The minimum absolute atomic E-state index is 0.360. The van der Waals surface area contributed by atoms with Crippen molar-refractivity contribution in [2.75, 3.05) is 20.7 Å². The third-order valence-corrected chi connectivity index (χ3v) is 5.45. The number of aromatic nitrogens is 2. The summed E-state index contributed by atoms with van der Waals surface area (Å²) in [6.45, 7) is 2.08. The van der Waals surface area contributed by atoms with Crippen molar-refractivity contribution in [2.45, 2.75) is 13.0 Å². The minimum atomic E-state index is -0.360. The van der Waals surface area contributed by atoms with E-state index in [1.807, 2.05) is 12.1 Å². The number of H-pyrrole nitrogens is 1. The quantitative estimate of drug-likeness (QED) is 0.735. The Kier molecular flexibility index (Phi) is 3.43. The molecular formula is C17H17N3O2S. The Morgan fingerprint density at radius 2 is 2.30 bits per heavy atom. The predicted molar refractivity (Wildman–Crippen MR) is 90.8 cm³/mol. The van der Waals surface area contributed by atoms with Gasteiger partial charge in [0.2, 0.25) is 0 Å². The molecule has 2 aromatic heterocycles. The van der Waals surface area contributed by atoms with E-state index in [1.54, 1.807) is 17.4 Å². The standard InChI is InChI=1S/C17H17N3O2S/c1-20-7-6-13-10(9-20)8-14(23-13)16-18-12-5-3-4-11(15(12)19-16)17(21)22-2/h3-5,8H,6-7,9H2,1-2H3,(H,18,19). The predicted octanol–water partition coefficient (Wildman–Crippen LogP) is 3.07. The molecule has 0 fully saturated rings. The molecule has 4 rings (SSSR count). The number of methoxy groups -OCH3 is 1. The zero-order chi connectivity index (χ0) is 16.0. The Bertz CT molecular complexity index is 897. The number of hydrogen-bond donors (Lipinski definition) is 1. The van der Waals surface area contributed by atoms with Crippen molar-refractivity contribution in [1.82, 2.24) is 14.9 Å². The number of fused-ring (bicyclic) bond motifs is 2. The first-order chi connectivity index (χ1) is 11.2. The number of para-hydroxylation sites is 1. The van der Waals surface area contributed by atoms with E-state index in [0.29, 0.717) is 11.1 Å². The summed E-state index contributed by atoms with van der Waals surface area (Å²) in [5.74, 6) is 0.458. The van der Waals surface area contributed by atoms with Crippen molar-refractivity contribution in [3.8, 4) is 10.7 Å². The normalized spacial score (nSPS) is 14.9. The highest BCUT2D eigenvalue weighted by molar-refractivity contribution is 7.15. The number of esters is 1. The highest BCUT2D eigenvalue weighted by Gasteiger charge is 2.20. The molecule has 3 heterocycles. The van der Waals surface area contributed by atoms with E-state index < -0.39 is 0 Å². The third kappa shape index (κ3) is 2.44. The van der Waals surface area contributed by atoms with E-state index in [0.717, 1.165) is 35.7 Å². The third-order valence-electron chi connectivity index (χ3n) is 4.21. The highest BCUT2D eigenvalue weighted by Crippen LogP contribution is 2.34. The Morgan fingerprint density at radius 1 is 1.43 bits per heavy atom. The SMILES string of the molecule is COC(=O)c1cccc2[nH]c(-c3cc4c(s3)CCN(C)C4)nc12. The summed E-state index contributed by atoms with van der Waals surface area (Å²) >= 11 is 1.79. The highest BCUT2D eigenvalue weighted by atomic mass is 32.1. The van der Waals surface area contributed by atoms with Gasteiger partial charge in [-0.2, -0.15) is 0 Å². The minimum Gasteiger partial charge on any atom is -0.465 e. The zero-order valence-corrected chi connectivity index (χ0v) is 13.9. The van der Waals surface area contributed by atoms with Crippen LogP contribution in [0.15, 0.2) is 24.3 Å². The van der Waals surface area contributed by atoms with Gasteiger partial charge < -0.3 is 14.6 Å². The number of likely N-dealkylation sites (N-methyl/N-ethyl adjacent to an activating group) is 1. The molecule has 0 bridgehead atoms. The van der Waals surface area contributed by atoms with Crippen LogP contribution in [0.25, 0.3) is 21.7 Å². The van der Waals surface area contributed by atoms with Crippen LogP contribution in [0, 0.1) is 0 Å². The molecule has 0 spiro atoms. The van der Waals surface area contributed by atoms with Crippen molar-refractivity contribution in [3.63, 3.8) is 0 Å². The second kappa shape index (κ2) is 5.47. The number of imidazole rings is 1. The van der Waals surface area contributed by atoms with Gasteiger partial charge in [0.25, 0.3) is 0 Å². The lowest BCUT2D eigenvalue weighted by Gasteiger charge is -2.21. The maximum Gasteiger partial charge on any atom is 0.340 e. The topological polar surface area (TPSA) is 58.2 Å². The number of hydrogen-bond acceptors (Lipinski definition) is 5. The molecule has 3 aromatic rings. The first-order valence-corrected chi connectivity index (χ1v) is 8.35. The molecule has 0 amide bonds. The average molecular weight is 327 g/mol. The van der Waals surface area contributed by atoms with Crippen LogP contribution >= 0.6 is 11.3 Å². The van der Waals surface area contributed by atoms with Crippen molar-refractivity contribution in [1.29, 1.82) is 0 Å². The molecule has 1 aromatic carbocycles. The molecule has 23 heavy (non-hydrogen) atoms. The van der Waals surface area contributed by atoms with E-state index in [2.05, 4.69) is 28.0 Å². The molecule has 5 nitrogen and oxygen atoms in total. The summed E-state index contributed by atoms with van der Waals surface area (Å²) in [5, 5.41) is 0. The number of nitrogens with one attached hydrogen (secondary N) is 1. The van der Waals surface area contributed by atoms with Gasteiger partial charge in [-0.1, -0.05) is 6.07 Å². The molecule has 0 radical (unpaired) electrons. The Balaban J connectivity index is 1.80. The van der Waals surface area contributed by atoms with Crippen LogP contribution in [-0.2, 0) is 17.7 Å². The average Bonchev–Trinajstić information content (AvgIpc) is 3.16. The molecule has 1 aliphatic heterocycles. The summed E-state index contributed by atoms with van der Waals surface area (Å²) < 4.78 is 4.84. The summed E-state index contributed by atoms with van der Waals surface area (Å²) in [4.78, 5) is 24.8. The van der Waals surface area contributed by atoms with Crippen LogP contribution in [-0.4, -0.2) is 41.5 Å². The molecule has 1 aliphatic rings. The summed E-state index contributed by atoms with van der Waals surface area (Å²) in [6.07, 6.45) is 1.09. The summed E-state index contributed by atoms with van der Waals surface area (Å²) in [7, 11) is 3.53. The van der Waals surface area contributed by atoms with Crippen LogP contribution in [0.3, 0.4) is 0 Å². The van der Waals surface area contributed by atoms with E-state index in [-0.39, 0.29) is 5.97 Å². The van der Waals surface area contributed by atoms with Crippen LogP contribution in [0.2, 0.25) is 0 Å². The lowest BCUT2D eigenvalue weighted by atomic mass is 10.1. The molecule has 0 atom stereocenters. The van der Waals surface area contributed by atoms with Gasteiger partial charge in [-0.15, -0.1) is 11.3 Å². The Hall–Kier alpha value is -2.18. The van der Waals surface area contributed by atoms with Crippen LogP contribution in [0.4, 0.5) is 0 Å². The fourth-order valence-electron chi connectivity index (χ4n) is 3.01. The molecule has 1 N–H and O–H groups in total. The number of benzene rings is 1. The Labute approximate surface area is 137 Å². The van der Waals surface area contributed by atoms with Gasteiger partial charge in [0.05, 0.1) is 23.1 Å². The van der Waals surface area contributed by atoms with Gasteiger partial charge in [-0.05, 0) is 37.2 Å². The number of rotatable bonds is 2. The summed E-state index contributed by atoms with van der Waals surface area (Å²) in [6, 6.07) is 7.73. The van der Waals surface area contributed by atoms with Crippen molar-refractivity contribution >= 4 is 28.3 Å². The van der Waals surface area contributed by atoms with Gasteiger partial charge >= 0.3 is 5.97 Å². The molecule has 0 aliphatic carbocycles. The maximum atomic E-state index is 11.9. The monoisotopic (exact) mass is 327 g/mol. The number of thiophene rings is 1.